The van der Waals surface area contributed by atoms with Crippen molar-refractivity contribution in [1.29, 1.82) is 0 Å². The number of amides is 3. The maximum Gasteiger partial charge on any atom is 0.326 e. The molecule has 1 heterocycles. The van der Waals surface area contributed by atoms with Crippen LogP contribution in [0.2, 0.25) is 0 Å². The number of nitrogens with two attached hydrogens (primary N) is 1. The number of nitrogens with one attached hydrogen (secondary N) is 2. The number of likely N-dealkylation sites (tertiary alicyclic amines) is 1. The molecule has 11 heteroatoms. The van der Waals surface area contributed by atoms with Crippen LogP contribution in [0.5, 0.6) is 0 Å². The Kier molecular flexibility index (Phi) is 10.6. The minimum Gasteiger partial charge on any atom is -0.481 e. The molecule has 3 amide bonds. The van der Waals surface area contributed by atoms with Crippen molar-refractivity contribution in [3.8, 4) is 0 Å². The van der Waals surface area contributed by atoms with Crippen LogP contribution < -0.4 is 16.4 Å². The van der Waals surface area contributed by atoms with Crippen LogP contribution in [-0.2, 0) is 36.8 Å². The van der Waals surface area contributed by atoms with Gasteiger partial charge in [-0.1, -0.05) is 60.7 Å². The van der Waals surface area contributed by atoms with Crippen LogP contribution >= 0.6 is 0 Å². The Bertz CT molecular complexity index is 1160. The first-order chi connectivity index (χ1) is 18.7. The summed E-state index contributed by atoms with van der Waals surface area (Å²) in [5.41, 5.74) is 7.73. The van der Waals surface area contributed by atoms with Crippen molar-refractivity contribution in [3.63, 3.8) is 0 Å². The quantitative estimate of drug-likeness (QED) is 0.247. The van der Waals surface area contributed by atoms with Gasteiger partial charge >= 0.3 is 11.9 Å². The van der Waals surface area contributed by atoms with Crippen molar-refractivity contribution in [2.24, 2.45) is 5.73 Å². The third kappa shape index (κ3) is 8.64. The molecule has 0 radical (unpaired) electrons. The van der Waals surface area contributed by atoms with E-state index in [1.54, 1.807) is 30.3 Å². The summed E-state index contributed by atoms with van der Waals surface area (Å²) in [5.74, 6) is -4.27. The summed E-state index contributed by atoms with van der Waals surface area (Å²) < 4.78 is 0. The van der Waals surface area contributed by atoms with Crippen LogP contribution in [0.25, 0.3) is 0 Å². The summed E-state index contributed by atoms with van der Waals surface area (Å²) in [6.07, 6.45) is 0.543. The fraction of sp³-hybridized carbons (Fsp3) is 0.393. The maximum atomic E-state index is 13.2. The first-order valence-corrected chi connectivity index (χ1v) is 12.8. The molecular weight excluding hydrogens is 504 g/mol. The maximum absolute atomic E-state index is 13.2. The number of hydrogen-bond donors (Lipinski definition) is 5. The number of carbonyl (C=O) groups excluding carboxylic acids is 3. The summed E-state index contributed by atoms with van der Waals surface area (Å²) >= 11 is 0. The molecule has 39 heavy (non-hydrogen) atoms. The zero-order chi connectivity index (χ0) is 28.4. The van der Waals surface area contributed by atoms with Crippen LogP contribution in [0, 0.1) is 0 Å². The second-order valence-corrected chi connectivity index (χ2v) is 9.57. The normalized spacial score (nSPS) is 17.1. The van der Waals surface area contributed by atoms with Gasteiger partial charge in [0, 0.05) is 19.4 Å². The molecule has 1 aliphatic rings. The van der Waals surface area contributed by atoms with Crippen LogP contribution in [0.3, 0.4) is 0 Å². The van der Waals surface area contributed by atoms with Gasteiger partial charge in [0.15, 0.2) is 0 Å². The second-order valence-electron chi connectivity index (χ2n) is 9.57. The predicted molar refractivity (Wildman–Crippen MR) is 141 cm³/mol. The lowest BCUT2D eigenvalue weighted by molar-refractivity contribution is -0.143. The molecule has 1 aliphatic heterocycles. The summed E-state index contributed by atoms with van der Waals surface area (Å²) in [6, 6.07) is 13.6. The van der Waals surface area contributed by atoms with Gasteiger partial charge in [-0.2, -0.15) is 0 Å². The lowest BCUT2D eigenvalue weighted by atomic mass is 10.0. The molecule has 4 atom stereocenters. The molecule has 0 aromatic heterocycles. The highest BCUT2D eigenvalue weighted by Gasteiger charge is 2.38. The van der Waals surface area contributed by atoms with Crippen molar-refractivity contribution in [1.82, 2.24) is 15.5 Å². The third-order valence-electron chi connectivity index (χ3n) is 6.63. The number of nitrogens with zero attached hydrogens (tertiary/aromatic N) is 1. The molecule has 2 aromatic rings. The number of carboxylic acid groups (broad SMARTS) is 2. The lowest BCUT2D eigenvalue weighted by Crippen LogP contribution is -2.57. The fourth-order valence-corrected chi connectivity index (χ4v) is 4.60. The van der Waals surface area contributed by atoms with E-state index in [2.05, 4.69) is 10.6 Å². The molecule has 11 nitrogen and oxygen atoms in total. The van der Waals surface area contributed by atoms with Crippen LogP contribution in [-0.4, -0.2) is 75.5 Å². The van der Waals surface area contributed by atoms with Gasteiger partial charge < -0.3 is 31.5 Å². The number of benzene rings is 2. The largest absolute Gasteiger partial charge is 0.481 e. The van der Waals surface area contributed by atoms with Gasteiger partial charge in [-0.3, -0.25) is 19.2 Å². The van der Waals surface area contributed by atoms with Gasteiger partial charge in [-0.05, 0) is 36.8 Å². The van der Waals surface area contributed by atoms with Gasteiger partial charge in [-0.15, -0.1) is 0 Å². The van der Waals surface area contributed by atoms with Crippen LogP contribution in [0.1, 0.15) is 36.8 Å². The molecule has 2 aromatic carbocycles. The van der Waals surface area contributed by atoms with Crippen molar-refractivity contribution >= 4 is 29.7 Å². The Morgan fingerprint density at radius 3 is 2.03 bits per heavy atom. The Hall–Kier alpha value is -4.25. The minimum absolute atomic E-state index is 0.00567. The number of aliphatic carboxylic acids is 2. The Morgan fingerprint density at radius 2 is 1.46 bits per heavy atom. The molecule has 0 spiro atoms. The number of carbonyl (C=O) groups is 5. The molecule has 6 N–H and O–H groups in total. The van der Waals surface area contributed by atoms with Gasteiger partial charge in [-0.25, -0.2) is 4.79 Å². The Labute approximate surface area is 226 Å². The van der Waals surface area contributed by atoms with E-state index in [1.807, 2.05) is 30.3 Å². The van der Waals surface area contributed by atoms with Gasteiger partial charge in [0.2, 0.25) is 17.7 Å². The van der Waals surface area contributed by atoms with Crippen molar-refractivity contribution in [3.05, 3.63) is 71.8 Å². The monoisotopic (exact) mass is 538 g/mol. The van der Waals surface area contributed by atoms with E-state index in [9.17, 15) is 29.1 Å². The standard InChI is InChI=1S/C28H34N4O7/c29-20(16-18-8-3-1-4-9-18)27(37)32-15-7-12-23(32)26(36)30-21(13-14-24(33)34)25(35)31-22(28(38)39)17-19-10-5-2-6-11-19/h1-6,8-11,20-23H,7,12-17,29H2,(H,30,36)(H,31,35)(H,33,34)(H,38,39). The summed E-state index contributed by atoms with van der Waals surface area (Å²) in [4.78, 5) is 63.8. The first-order valence-electron chi connectivity index (χ1n) is 12.8. The third-order valence-corrected chi connectivity index (χ3v) is 6.63. The molecule has 1 saturated heterocycles. The predicted octanol–water partition coefficient (Wildman–Crippen LogP) is 0.709. The Morgan fingerprint density at radius 1 is 0.872 bits per heavy atom. The summed E-state index contributed by atoms with van der Waals surface area (Å²) in [5, 5.41) is 23.8. The summed E-state index contributed by atoms with van der Waals surface area (Å²) in [6.45, 7) is 0.323. The highest BCUT2D eigenvalue weighted by Crippen LogP contribution is 2.20. The highest BCUT2D eigenvalue weighted by atomic mass is 16.4. The smallest absolute Gasteiger partial charge is 0.326 e. The second kappa shape index (κ2) is 14.1. The Balaban J connectivity index is 1.68. The number of rotatable bonds is 13. The van der Waals surface area contributed by atoms with E-state index in [-0.39, 0.29) is 12.8 Å². The molecule has 0 bridgehead atoms. The molecule has 4 unspecified atom stereocenters. The van der Waals surface area contributed by atoms with Crippen molar-refractivity contribution in [2.75, 3.05) is 6.54 Å². The van der Waals surface area contributed by atoms with E-state index in [1.165, 1.54) is 4.90 Å². The average molecular weight is 539 g/mol. The molecule has 3 rings (SSSR count). The average Bonchev–Trinajstić information content (AvgIpc) is 3.41. The molecule has 0 aliphatic carbocycles. The topological polar surface area (TPSA) is 179 Å². The SMILES string of the molecule is NC(Cc1ccccc1)C(=O)N1CCCC1C(=O)NC(CCC(=O)O)C(=O)NC(Cc1ccccc1)C(=O)O. The van der Waals surface area contributed by atoms with E-state index in [4.69, 9.17) is 10.8 Å². The molecule has 1 fully saturated rings. The summed E-state index contributed by atoms with van der Waals surface area (Å²) in [7, 11) is 0. The molecule has 208 valence electrons. The highest BCUT2D eigenvalue weighted by molar-refractivity contribution is 5.94. The van der Waals surface area contributed by atoms with Crippen molar-refractivity contribution < 1.29 is 34.2 Å². The van der Waals surface area contributed by atoms with Crippen LogP contribution in [0.15, 0.2) is 60.7 Å². The minimum atomic E-state index is -1.30. The van der Waals surface area contributed by atoms with E-state index < -0.39 is 60.2 Å². The number of hydrogen-bond acceptors (Lipinski definition) is 6. The lowest BCUT2D eigenvalue weighted by Gasteiger charge is -2.28. The van der Waals surface area contributed by atoms with E-state index in [0.717, 1.165) is 5.56 Å². The van der Waals surface area contributed by atoms with Crippen LogP contribution in [0.4, 0.5) is 0 Å². The van der Waals surface area contributed by atoms with Gasteiger partial charge in [0.25, 0.3) is 0 Å². The van der Waals surface area contributed by atoms with E-state index in [0.29, 0.717) is 31.4 Å². The van der Waals surface area contributed by atoms with Gasteiger partial charge in [0.1, 0.15) is 18.1 Å². The zero-order valence-corrected chi connectivity index (χ0v) is 21.5. The van der Waals surface area contributed by atoms with E-state index >= 15 is 0 Å². The number of carboxylic acids is 2. The van der Waals surface area contributed by atoms with Crippen molar-refractivity contribution in [2.45, 2.75) is 62.7 Å². The zero-order valence-electron chi connectivity index (χ0n) is 21.5. The first kappa shape index (κ1) is 29.3. The van der Waals surface area contributed by atoms with Gasteiger partial charge in [0.05, 0.1) is 6.04 Å². The fourth-order valence-electron chi connectivity index (χ4n) is 4.60. The molecule has 0 saturated carbocycles. The molecular formula is C28H34N4O7.